The minimum Gasteiger partial charge on any atom is -0.423 e. The van der Waals surface area contributed by atoms with E-state index in [1.165, 1.54) is 17.8 Å². The van der Waals surface area contributed by atoms with E-state index >= 15 is 0 Å². The zero-order chi connectivity index (χ0) is 17.6. The average Bonchev–Trinajstić information content (AvgIpc) is 2.97. The summed E-state index contributed by atoms with van der Waals surface area (Å²) in [5.41, 5.74) is 1.43. The van der Waals surface area contributed by atoms with Crippen molar-refractivity contribution in [3.63, 3.8) is 0 Å². The second-order valence-electron chi connectivity index (χ2n) is 5.56. The third-order valence-electron chi connectivity index (χ3n) is 3.98. The molecule has 1 aliphatic rings. The molecule has 4 nitrogen and oxygen atoms in total. The molecule has 126 valence electrons. The van der Waals surface area contributed by atoms with E-state index in [0.29, 0.717) is 26.9 Å². The lowest BCUT2D eigenvalue weighted by Gasteiger charge is -2.25. The minimum atomic E-state index is -0.458. The molecule has 2 heterocycles. The molecule has 1 atom stereocenters. The van der Waals surface area contributed by atoms with Gasteiger partial charge < -0.3 is 4.42 Å². The van der Waals surface area contributed by atoms with E-state index < -0.39 is 5.63 Å². The van der Waals surface area contributed by atoms with Gasteiger partial charge in [-0.3, -0.25) is 9.69 Å². The molecule has 3 aromatic rings. The number of carbonyl (C=O) groups is 1. The van der Waals surface area contributed by atoms with Crippen molar-refractivity contribution in [2.45, 2.75) is 5.37 Å². The van der Waals surface area contributed by atoms with Crippen molar-refractivity contribution in [2.24, 2.45) is 0 Å². The molecule has 1 fully saturated rings. The molecule has 1 unspecified atom stereocenters. The fraction of sp³-hybridized carbons (Fsp3) is 0.111. The van der Waals surface area contributed by atoms with E-state index in [9.17, 15) is 9.59 Å². The molecule has 0 spiro atoms. The highest BCUT2D eigenvalue weighted by Gasteiger charge is 2.35. The van der Waals surface area contributed by atoms with Gasteiger partial charge in [-0.2, -0.15) is 0 Å². The van der Waals surface area contributed by atoms with Crippen LogP contribution in [0.2, 0.25) is 10.0 Å². The quantitative estimate of drug-likeness (QED) is 0.584. The standard InChI is InChI=1S/C18H11Cl2NO3S/c19-10-1-4-12(5-2-10)21-16(22)9-25-18(21)14-8-17(23)24-15-6-3-11(20)7-13(14)15/h1-8,18H,9H2. The van der Waals surface area contributed by atoms with Gasteiger partial charge in [0.25, 0.3) is 0 Å². The van der Waals surface area contributed by atoms with Gasteiger partial charge in [-0.1, -0.05) is 23.2 Å². The predicted molar refractivity (Wildman–Crippen MR) is 102 cm³/mol. The Balaban J connectivity index is 1.89. The molecule has 0 N–H and O–H groups in total. The minimum absolute atomic E-state index is 0.0271. The van der Waals surface area contributed by atoms with Crippen LogP contribution < -0.4 is 10.5 Å². The number of carbonyl (C=O) groups excluding carboxylic acids is 1. The molecule has 25 heavy (non-hydrogen) atoms. The van der Waals surface area contributed by atoms with Gasteiger partial charge in [0.2, 0.25) is 5.91 Å². The summed E-state index contributed by atoms with van der Waals surface area (Å²) in [6, 6.07) is 13.6. The first kappa shape index (κ1) is 16.5. The Morgan fingerprint density at radius 3 is 2.48 bits per heavy atom. The Bertz CT molecular complexity index is 1030. The van der Waals surface area contributed by atoms with Gasteiger partial charge in [0.05, 0.1) is 5.75 Å². The van der Waals surface area contributed by atoms with Crippen LogP contribution in [0.1, 0.15) is 10.9 Å². The number of benzene rings is 2. The maximum atomic E-state index is 12.5. The molecule has 1 saturated heterocycles. The van der Waals surface area contributed by atoms with E-state index in [2.05, 4.69) is 0 Å². The van der Waals surface area contributed by atoms with Gasteiger partial charge >= 0.3 is 5.63 Å². The number of anilines is 1. The zero-order valence-electron chi connectivity index (χ0n) is 12.7. The number of nitrogens with zero attached hydrogens (tertiary/aromatic N) is 1. The Morgan fingerprint density at radius 2 is 1.72 bits per heavy atom. The smallest absolute Gasteiger partial charge is 0.336 e. The number of hydrogen-bond acceptors (Lipinski definition) is 4. The van der Waals surface area contributed by atoms with E-state index in [-0.39, 0.29) is 11.3 Å². The molecule has 1 amide bonds. The first-order chi connectivity index (χ1) is 12.0. The summed E-state index contributed by atoms with van der Waals surface area (Å²) < 4.78 is 5.26. The number of rotatable bonds is 2. The molecule has 0 saturated carbocycles. The van der Waals surface area contributed by atoms with Crippen LogP contribution in [-0.4, -0.2) is 11.7 Å². The summed E-state index contributed by atoms with van der Waals surface area (Å²) in [7, 11) is 0. The third-order valence-corrected chi connectivity index (χ3v) is 5.66. The maximum Gasteiger partial charge on any atom is 0.336 e. The highest BCUT2D eigenvalue weighted by molar-refractivity contribution is 8.00. The summed E-state index contributed by atoms with van der Waals surface area (Å²) in [4.78, 5) is 26.1. The van der Waals surface area contributed by atoms with Crippen molar-refractivity contribution >= 4 is 57.5 Å². The van der Waals surface area contributed by atoms with E-state index in [4.69, 9.17) is 27.6 Å². The molecule has 0 bridgehead atoms. The van der Waals surface area contributed by atoms with Crippen LogP contribution in [0.25, 0.3) is 11.0 Å². The fourth-order valence-electron chi connectivity index (χ4n) is 2.90. The SMILES string of the molecule is O=C1CSC(c2cc(=O)oc3ccc(Cl)cc23)N1c1ccc(Cl)cc1. The Hall–Kier alpha value is -1.95. The van der Waals surface area contributed by atoms with E-state index in [1.54, 1.807) is 47.4 Å². The Kier molecular flexibility index (Phi) is 4.23. The van der Waals surface area contributed by atoms with Gasteiger partial charge in [0.15, 0.2) is 0 Å². The second-order valence-corrected chi connectivity index (χ2v) is 7.51. The monoisotopic (exact) mass is 391 g/mol. The number of halogens is 2. The average molecular weight is 392 g/mol. The summed E-state index contributed by atoms with van der Waals surface area (Å²) >= 11 is 13.5. The van der Waals surface area contributed by atoms with Crippen molar-refractivity contribution < 1.29 is 9.21 Å². The first-order valence-electron chi connectivity index (χ1n) is 7.45. The molecule has 4 rings (SSSR count). The van der Waals surface area contributed by atoms with Crippen molar-refractivity contribution in [1.82, 2.24) is 0 Å². The zero-order valence-corrected chi connectivity index (χ0v) is 15.1. The molecule has 0 aliphatic carbocycles. The van der Waals surface area contributed by atoms with Gasteiger partial charge in [0, 0.05) is 32.7 Å². The topological polar surface area (TPSA) is 50.5 Å². The molecular formula is C18H11Cl2NO3S. The van der Waals surface area contributed by atoms with Crippen LogP contribution in [0.15, 0.2) is 57.7 Å². The highest BCUT2D eigenvalue weighted by atomic mass is 35.5. The normalized spacial score (nSPS) is 17.4. The Labute approximate surface area is 157 Å². The molecule has 7 heteroatoms. The summed E-state index contributed by atoms with van der Waals surface area (Å²) in [5, 5.41) is 1.52. The van der Waals surface area contributed by atoms with Crippen LogP contribution in [0, 0.1) is 0 Å². The number of amides is 1. The van der Waals surface area contributed by atoms with E-state index in [1.807, 2.05) is 0 Å². The number of hydrogen-bond donors (Lipinski definition) is 0. The van der Waals surface area contributed by atoms with Gasteiger partial charge in [-0.15, -0.1) is 11.8 Å². The summed E-state index contributed by atoms with van der Waals surface area (Å²) in [6.07, 6.45) is 0. The van der Waals surface area contributed by atoms with Crippen LogP contribution >= 0.6 is 35.0 Å². The van der Waals surface area contributed by atoms with Crippen LogP contribution in [-0.2, 0) is 4.79 Å². The molecule has 0 radical (unpaired) electrons. The van der Waals surface area contributed by atoms with Gasteiger partial charge in [-0.05, 0) is 42.5 Å². The van der Waals surface area contributed by atoms with Gasteiger partial charge in [0.1, 0.15) is 11.0 Å². The van der Waals surface area contributed by atoms with Gasteiger partial charge in [-0.25, -0.2) is 4.79 Å². The van der Waals surface area contributed by atoms with Crippen LogP contribution in [0.5, 0.6) is 0 Å². The lowest BCUT2D eigenvalue weighted by atomic mass is 10.1. The van der Waals surface area contributed by atoms with Crippen molar-refractivity contribution in [2.75, 3.05) is 10.7 Å². The van der Waals surface area contributed by atoms with Crippen LogP contribution in [0.3, 0.4) is 0 Å². The van der Waals surface area contributed by atoms with Crippen molar-refractivity contribution in [1.29, 1.82) is 0 Å². The number of fused-ring (bicyclic) bond motifs is 1. The second kappa shape index (κ2) is 6.41. The summed E-state index contributed by atoms with van der Waals surface area (Å²) in [5.74, 6) is 0.302. The van der Waals surface area contributed by atoms with Crippen LogP contribution in [0.4, 0.5) is 5.69 Å². The highest BCUT2D eigenvalue weighted by Crippen LogP contribution is 2.44. The lowest BCUT2D eigenvalue weighted by molar-refractivity contribution is -0.115. The predicted octanol–water partition coefficient (Wildman–Crippen LogP) is 4.88. The molecular weight excluding hydrogens is 381 g/mol. The van der Waals surface area contributed by atoms with Crippen molar-refractivity contribution in [3.8, 4) is 0 Å². The van der Waals surface area contributed by atoms with Crippen molar-refractivity contribution in [3.05, 3.63) is 74.6 Å². The Morgan fingerprint density at radius 1 is 1.00 bits per heavy atom. The lowest BCUT2D eigenvalue weighted by Crippen LogP contribution is -2.28. The first-order valence-corrected chi connectivity index (χ1v) is 9.26. The largest absolute Gasteiger partial charge is 0.423 e. The molecule has 1 aliphatic heterocycles. The third kappa shape index (κ3) is 3.03. The maximum absolute atomic E-state index is 12.5. The number of thioether (sulfide) groups is 1. The molecule has 1 aromatic heterocycles. The summed E-state index contributed by atoms with van der Waals surface area (Å²) in [6.45, 7) is 0. The fourth-order valence-corrected chi connectivity index (χ4v) is 4.40. The van der Waals surface area contributed by atoms with E-state index in [0.717, 1.165) is 11.1 Å². The molecule has 2 aromatic carbocycles.